The first-order valence-electron chi connectivity index (χ1n) is 9.99. The molecule has 0 fully saturated rings. The molecule has 4 aromatic rings. The number of halogens is 1. The minimum Gasteiger partial charge on any atom is -0.494 e. The van der Waals surface area contributed by atoms with Crippen molar-refractivity contribution in [2.75, 3.05) is 6.61 Å². The smallest absolute Gasteiger partial charge is 0.190 e. The number of ether oxygens (including phenoxy) is 1. The van der Waals surface area contributed by atoms with Gasteiger partial charge in [-0.05, 0) is 73.0 Å². The van der Waals surface area contributed by atoms with Crippen LogP contribution in [-0.4, -0.2) is 11.2 Å². The van der Waals surface area contributed by atoms with Gasteiger partial charge in [-0.15, -0.1) is 11.3 Å². The molecule has 3 aromatic carbocycles. The second-order valence-corrected chi connectivity index (χ2v) is 8.11. The Kier molecular flexibility index (Phi) is 6.67. The Morgan fingerprint density at radius 3 is 2.37 bits per heavy atom. The van der Waals surface area contributed by atoms with Crippen LogP contribution in [0.5, 0.6) is 5.75 Å². The molecule has 0 amide bonds. The van der Waals surface area contributed by atoms with Crippen molar-refractivity contribution in [1.29, 1.82) is 0 Å². The molecule has 0 radical (unpaired) electrons. The topological polar surface area (TPSA) is 26.5 Å². The van der Waals surface area contributed by atoms with E-state index >= 15 is 0 Å². The van der Waals surface area contributed by atoms with Crippen LogP contribution in [0.1, 0.15) is 12.5 Å². The van der Waals surface area contributed by atoms with Crippen molar-refractivity contribution >= 4 is 28.6 Å². The zero-order valence-electron chi connectivity index (χ0n) is 16.8. The molecule has 0 spiro atoms. The second-order valence-electron chi connectivity index (χ2n) is 6.84. The standard InChI is InChI=1S/C25H23ClN2OS/c1-2-29-23-14-8-20(9-15-23)24-18-30-25(27-22-12-10-21(26)11-13-22)28(24)17-16-19-6-4-3-5-7-19/h3-15,18H,2,16-17H2,1H3. The van der Waals surface area contributed by atoms with E-state index in [9.17, 15) is 0 Å². The Bertz CT molecular complexity index is 1150. The molecule has 5 heteroatoms. The highest BCUT2D eigenvalue weighted by Gasteiger charge is 2.09. The van der Waals surface area contributed by atoms with Gasteiger partial charge >= 0.3 is 0 Å². The van der Waals surface area contributed by atoms with Crippen molar-refractivity contribution in [2.24, 2.45) is 4.99 Å². The summed E-state index contributed by atoms with van der Waals surface area (Å²) >= 11 is 7.68. The van der Waals surface area contributed by atoms with Gasteiger partial charge in [0, 0.05) is 16.9 Å². The second kappa shape index (κ2) is 9.79. The third-order valence-corrected chi connectivity index (χ3v) is 5.89. The summed E-state index contributed by atoms with van der Waals surface area (Å²) in [6.07, 6.45) is 0.940. The third kappa shape index (κ3) is 5.02. The predicted octanol–water partition coefficient (Wildman–Crippen LogP) is 6.74. The van der Waals surface area contributed by atoms with Crippen LogP contribution in [0.4, 0.5) is 5.69 Å². The maximum Gasteiger partial charge on any atom is 0.190 e. The fraction of sp³-hybridized carbons (Fsp3) is 0.160. The Balaban J connectivity index is 1.71. The molecule has 0 unspecified atom stereocenters. The van der Waals surface area contributed by atoms with Gasteiger partial charge in [-0.25, -0.2) is 4.99 Å². The molecule has 152 valence electrons. The first kappa shape index (κ1) is 20.5. The Hall–Kier alpha value is -2.82. The lowest BCUT2D eigenvalue weighted by molar-refractivity contribution is 0.340. The van der Waals surface area contributed by atoms with E-state index in [-0.39, 0.29) is 0 Å². The lowest BCUT2D eigenvalue weighted by atomic mass is 10.1. The monoisotopic (exact) mass is 434 g/mol. The van der Waals surface area contributed by atoms with E-state index in [1.54, 1.807) is 11.3 Å². The molecule has 0 atom stereocenters. The van der Waals surface area contributed by atoms with Crippen molar-refractivity contribution < 1.29 is 4.74 Å². The maximum absolute atomic E-state index is 6.03. The zero-order valence-corrected chi connectivity index (χ0v) is 18.4. The number of aryl methyl sites for hydroxylation is 1. The highest BCUT2D eigenvalue weighted by Crippen LogP contribution is 2.24. The van der Waals surface area contributed by atoms with E-state index < -0.39 is 0 Å². The summed E-state index contributed by atoms with van der Waals surface area (Å²) < 4.78 is 7.89. The van der Waals surface area contributed by atoms with E-state index in [1.807, 2.05) is 49.4 Å². The minimum atomic E-state index is 0.666. The van der Waals surface area contributed by atoms with E-state index in [0.29, 0.717) is 11.6 Å². The summed E-state index contributed by atoms with van der Waals surface area (Å²) in [5, 5.41) is 2.89. The van der Waals surface area contributed by atoms with Gasteiger partial charge in [0.2, 0.25) is 0 Å². The molecular weight excluding hydrogens is 412 g/mol. The van der Waals surface area contributed by atoms with Gasteiger partial charge in [0.1, 0.15) is 5.75 Å². The third-order valence-electron chi connectivity index (χ3n) is 4.78. The lowest BCUT2D eigenvalue weighted by Gasteiger charge is -2.10. The van der Waals surface area contributed by atoms with E-state index in [2.05, 4.69) is 46.3 Å². The highest BCUT2D eigenvalue weighted by molar-refractivity contribution is 7.07. The molecule has 30 heavy (non-hydrogen) atoms. The summed E-state index contributed by atoms with van der Waals surface area (Å²) in [4.78, 5) is 5.86. The summed E-state index contributed by atoms with van der Waals surface area (Å²) in [5.74, 6) is 0.887. The number of benzene rings is 3. The average Bonchev–Trinajstić information content (AvgIpc) is 3.18. The van der Waals surface area contributed by atoms with E-state index in [0.717, 1.165) is 40.5 Å². The lowest BCUT2D eigenvalue weighted by Crippen LogP contribution is -2.17. The molecule has 0 N–H and O–H groups in total. The van der Waals surface area contributed by atoms with Gasteiger partial charge in [0.15, 0.2) is 4.80 Å². The largest absolute Gasteiger partial charge is 0.494 e. The molecule has 1 heterocycles. The summed E-state index contributed by atoms with van der Waals surface area (Å²) in [6, 6.07) is 26.4. The molecule has 0 aliphatic rings. The SMILES string of the molecule is CCOc1ccc(-c2csc(=Nc3ccc(Cl)cc3)n2CCc2ccccc2)cc1. The fourth-order valence-electron chi connectivity index (χ4n) is 3.27. The minimum absolute atomic E-state index is 0.666. The molecule has 0 bridgehead atoms. The Morgan fingerprint density at radius 2 is 1.67 bits per heavy atom. The molecule has 4 rings (SSSR count). The number of thiazole rings is 1. The Labute approximate surface area is 185 Å². The quantitative estimate of drug-likeness (QED) is 0.316. The van der Waals surface area contributed by atoms with Gasteiger partial charge in [-0.3, -0.25) is 0 Å². The van der Waals surface area contributed by atoms with Crippen LogP contribution in [-0.2, 0) is 13.0 Å². The average molecular weight is 435 g/mol. The molecule has 0 saturated carbocycles. The van der Waals surface area contributed by atoms with Gasteiger partial charge in [0.05, 0.1) is 18.0 Å². The van der Waals surface area contributed by atoms with Crippen LogP contribution < -0.4 is 9.54 Å². The van der Waals surface area contributed by atoms with Crippen LogP contribution in [0.25, 0.3) is 11.3 Å². The van der Waals surface area contributed by atoms with Crippen molar-refractivity contribution in [3.63, 3.8) is 0 Å². The van der Waals surface area contributed by atoms with Crippen molar-refractivity contribution in [1.82, 2.24) is 4.57 Å². The summed E-state index contributed by atoms with van der Waals surface area (Å²) in [7, 11) is 0. The van der Waals surface area contributed by atoms with Gasteiger partial charge in [0.25, 0.3) is 0 Å². The van der Waals surface area contributed by atoms with Gasteiger partial charge in [-0.1, -0.05) is 41.9 Å². The maximum atomic E-state index is 6.03. The van der Waals surface area contributed by atoms with Crippen molar-refractivity contribution in [3.8, 4) is 17.0 Å². The number of hydrogen-bond acceptors (Lipinski definition) is 3. The predicted molar refractivity (Wildman–Crippen MR) is 126 cm³/mol. The van der Waals surface area contributed by atoms with Gasteiger partial charge < -0.3 is 9.30 Å². The summed E-state index contributed by atoms with van der Waals surface area (Å²) in [6.45, 7) is 3.51. The molecule has 0 saturated heterocycles. The van der Waals surface area contributed by atoms with Crippen LogP contribution in [0.15, 0.2) is 89.2 Å². The fourth-order valence-corrected chi connectivity index (χ4v) is 4.35. The first-order chi connectivity index (χ1) is 14.7. The summed E-state index contributed by atoms with van der Waals surface area (Å²) in [5.41, 5.74) is 4.52. The first-order valence-corrected chi connectivity index (χ1v) is 11.2. The number of nitrogens with zero attached hydrogens (tertiary/aromatic N) is 2. The van der Waals surface area contributed by atoms with Crippen molar-refractivity contribution in [3.05, 3.63) is 99.6 Å². The molecular formula is C25H23ClN2OS. The molecule has 0 aliphatic carbocycles. The molecule has 1 aromatic heterocycles. The Morgan fingerprint density at radius 1 is 0.933 bits per heavy atom. The number of rotatable bonds is 7. The zero-order chi connectivity index (χ0) is 20.8. The normalized spacial score (nSPS) is 11.6. The van der Waals surface area contributed by atoms with Crippen LogP contribution in [0.2, 0.25) is 5.02 Å². The number of aromatic nitrogens is 1. The van der Waals surface area contributed by atoms with Gasteiger partial charge in [-0.2, -0.15) is 0 Å². The van der Waals surface area contributed by atoms with Crippen molar-refractivity contribution in [2.45, 2.75) is 19.9 Å². The molecule has 0 aliphatic heterocycles. The van der Waals surface area contributed by atoms with Crippen LogP contribution >= 0.6 is 22.9 Å². The highest BCUT2D eigenvalue weighted by atomic mass is 35.5. The van der Waals surface area contributed by atoms with Crippen LogP contribution in [0.3, 0.4) is 0 Å². The van der Waals surface area contributed by atoms with E-state index in [4.69, 9.17) is 21.3 Å². The number of hydrogen-bond donors (Lipinski definition) is 0. The molecule has 3 nitrogen and oxygen atoms in total. The van der Waals surface area contributed by atoms with E-state index in [1.165, 1.54) is 5.56 Å². The van der Waals surface area contributed by atoms with Crippen LogP contribution in [0, 0.1) is 0 Å².